The summed E-state index contributed by atoms with van der Waals surface area (Å²) in [5.74, 6) is 1.27. The Hall–Kier alpha value is -2.04. The summed E-state index contributed by atoms with van der Waals surface area (Å²) in [6.07, 6.45) is 0. The molecule has 1 aromatic rings. The van der Waals surface area contributed by atoms with Crippen LogP contribution in [0.25, 0.3) is 0 Å². The van der Waals surface area contributed by atoms with Crippen LogP contribution >= 0.6 is 0 Å². The summed E-state index contributed by atoms with van der Waals surface area (Å²) in [5, 5.41) is 3.34. The number of amides is 1. The first-order valence-corrected chi connectivity index (χ1v) is 7.63. The van der Waals surface area contributed by atoms with Crippen LogP contribution in [0.4, 0.5) is 0 Å². The number of hydrogen-bond donors (Lipinski definition) is 1. The van der Waals surface area contributed by atoms with E-state index in [1.807, 2.05) is 30.1 Å². The number of carbonyl (C=O) groups excluding carboxylic acids is 1. The Morgan fingerprint density at radius 3 is 2.36 bits per heavy atom. The third-order valence-electron chi connectivity index (χ3n) is 3.16. The summed E-state index contributed by atoms with van der Waals surface area (Å²) >= 11 is 0. The van der Waals surface area contributed by atoms with Crippen molar-refractivity contribution in [3.8, 4) is 0 Å². The van der Waals surface area contributed by atoms with Crippen molar-refractivity contribution in [3.63, 3.8) is 0 Å². The van der Waals surface area contributed by atoms with Crippen LogP contribution in [0.15, 0.2) is 35.3 Å². The van der Waals surface area contributed by atoms with Gasteiger partial charge in [-0.1, -0.05) is 44.2 Å². The smallest absolute Gasteiger partial charge is 0.243 e. The molecule has 1 rings (SSSR count). The van der Waals surface area contributed by atoms with Gasteiger partial charge >= 0.3 is 0 Å². The number of hydrogen-bond acceptors (Lipinski definition) is 2. The largest absolute Gasteiger partial charge is 0.356 e. The number of carbonyl (C=O) groups is 1. The molecule has 0 aromatic heterocycles. The lowest BCUT2D eigenvalue weighted by molar-refractivity contribution is -0.127. The molecule has 0 aliphatic heterocycles. The molecule has 1 amide bonds. The highest BCUT2D eigenvalue weighted by atomic mass is 16.2. The molecular weight excluding hydrogens is 276 g/mol. The summed E-state index contributed by atoms with van der Waals surface area (Å²) in [6, 6.07) is 10.2. The van der Waals surface area contributed by atoms with Gasteiger partial charge in [0.2, 0.25) is 5.91 Å². The maximum absolute atomic E-state index is 11.7. The molecule has 0 fully saturated rings. The second kappa shape index (κ2) is 9.07. The average Bonchev–Trinajstić information content (AvgIpc) is 2.47. The van der Waals surface area contributed by atoms with Gasteiger partial charge in [-0.3, -0.25) is 4.79 Å². The molecule has 0 radical (unpaired) electrons. The minimum atomic E-state index is -0.00282. The van der Waals surface area contributed by atoms with E-state index in [-0.39, 0.29) is 12.5 Å². The molecular formula is C17H28N4O. The molecule has 0 unspecified atom stereocenters. The van der Waals surface area contributed by atoms with Crippen molar-refractivity contribution in [2.45, 2.75) is 20.4 Å². The van der Waals surface area contributed by atoms with E-state index in [1.54, 1.807) is 19.0 Å². The lowest BCUT2D eigenvalue weighted by Gasteiger charge is -2.23. The Morgan fingerprint density at radius 1 is 1.18 bits per heavy atom. The van der Waals surface area contributed by atoms with E-state index in [0.717, 1.165) is 19.0 Å². The highest BCUT2D eigenvalue weighted by Gasteiger charge is 2.10. The molecule has 0 atom stereocenters. The van der Waals surface area contributed by atoms with Gasteiger partial charge in [0, 0.05) is 34.2 Å². The fraction of sp³-hybridized carbons (Fsp3) is 0.529. The SMILES string of the molecule is CC(C)CNC(=NCC(=O)N(C)C)N(C)Cc1ccccc1. The maximum atomic E-state index is 11.7. The first kappa shape index (κ1) is 18.0. The molecule has 0 saturated heterocycles. The van der Waals surface area contributed by atoms with E-state index in [9.17, 15) is 4.79 Å². The summed E-state index contributed by atoms with van der Waals surface area (Å²) < 4.78 is 0. The van der Waals surface area contributed by atoms with Crippen LogP contribution in [0.2, 0.25) is 0 Å². The quantitative estimate of drug-likeness (QED) is 0.644. The molecule has 5 nitrogen and oxygen atoms in total. The second-order valence-corrected chi connectivity index (χ2v) is 6.04. The molecule has 1 aromatic carbocycles. The molecule has 1 N–H and O–H groups in total. The van der Waals surface area contributed by atoms with E-state index in [1.165, 1.54) is 5.56 Å². The molecule has 0 spiro atoms. The number of rotatable bonds is 6. The normalized spacial score (nSPS) is 11.5. The monoisotopic (exact) mass is 304 g/mol. The van der Waals surface area contributed by atoms with Gasteiger partial charge in [-0.05, 0) is 11.5 Å². The number of aliphatic imine (C=N–C) groups is 1. The third kappa shape index (κ3) is 6.61. The predicted molar refractivity (Wildman–Crippen MR) is 91.7 cm³/mol. The topological polar surface area (TPSA) is 47.9 Å². The molecule has 0 saturated carbocycles. The van der Waals surface area contributed by atoms with E-state index in [0.29, 0.717) is 5.92 Å². The number of nitrogens with zero attached hydrogens (tertiary/aromatic N) is 3. The third-order valence-corrected chi connectivity index (χ3v) is 3.16. The zero-order valence-corrected chi connectivity index (χ0v) is 14.3. The molecule has 0 heterocycles. The number of likely N-dealkylation sites (N-methyl/N-ethyl adjacent to an activating group) is 1. The van der Waals surface area contributed by atoms with Crippen LogP contribution in [0.5, 0.6) is 0 Å². The van der Waals surface area contributed by atoms with Crippen LogP contribution in [0.3, 0.4) is 0 Å². The summed E-state index contributed by atoms with van der Waals surface area (Å²) in [6.45, 7) is 6.03. The summed E-state index contributed by atoms with van der Waals surface area (Å²) in [4.78, 5) is 19.8. The van der Waals surface area contributed by atoms with Crippen molar-refractivity contribution in [1.29, 1.82) is 0 Å². The zero-order valence-electron chi connectivity index (χ0n) is 14.3. The maximum Gasteiger partial charge on any atom is 0.243 e. The lowest BCUT2D eigenvalue weighted by Crippen LogP contribution is -2.41. The van der Waals surface area contributed by atoms with E-state index >= 15 is 0 Å². The van der Waals surface area contributed by atoms with Gasteiger partial charge in [-0.25, -0.2) is 4.99 Å². The van der Waals surface area contributed by atoms with Crippen molar-refractivity contribution < 1.29 is 4.79 Å². The average molecular weight is 304 g/mol. The highest BCUT2D eigenvalue weighted by molar-refractivity contribution is 5.84. The molecule has 122 valence electrons. The Labute approximate surface area is 134 Å². The van der Waals surface area contributed by atoms with E-state index in [4.69, 9.17) is 0 Å². The van der Waals surface area contributed by atoms with Gasteiger partial charge in [0.25, 0.3) is 0 Å². The van der Waals surface area contributed by atoms with Crippen LogP contribution < -0.4 is 5.32 Å². The Balaban J connectivity index is 2.74. The van der Waals surface area contributed by atoms with Crippen LogP contribution in [0.1, 0.15) is 19.4 Å². The number of benzene rings is 1. The molecule has 22 heavy (non-hydrogen) atoms. The predicted octanol–water partition coefficient (Wildman–Crippen LogP) is 1.81. The van der Waals surface area contributed by atoms with Crippen LogP contribution in [-0.4, -0.2) is 55.9 Å². The second-order valence-electron chi connectivity index (χ2n) is 6.04. The molecule has 5 heteroatoms. The minimum absolute atomic E-state index is 0.00282. The minimum Gasteiger partial charge on any atom is -0.356 e. The van der Waals surface area contributed by atoms with E-state index in [2.05, 4.69) is 36.3 Å². The molecule has 0 bridgehead atoms. The van der Waals surface area contributed by atoms with E-state index < -0.39 is 0 Å². The van der Waals surface area contributed by atoms with Gasteiger partial charge in [0.1, 0.15) is 6.54 Å². The van der Waals surface area contributed by atoms with Crippen LogP contribution in [-0.2, 0) is 11.3 Å². The number of nitrogens with one attached hydrogen (secondary N) is 1. The van der Waals surface area contributed by atoms with Gasteiger partial charge in [-0.15, -0.1) is 0 Å². The summed E-state index contributed by atoms with van der Waals surface area (Å²) in [7, 11) is 5.47. The Kier molecular flexibility index (Phi) is 7.43. The van der Waals surface area contributed by atoms with Crippen molar-refractivity contribution >= 4 is 11.9 Å². The first-order valence-electron chi connectivity index (χ1n) is 7.63. The van der Waals surface area contributed by atoms with Crippen LogP contribution in [0, 0.1) is 5.92 Å². The molecule has 0 aliphatic carbocycles. The van der Waals surface area contributed by atoms with Crippen molar-refractivity contribution in [2.75, 3.05) is 34.2 Å². The fourth-order valence-corrected chi connectivity index (χ4v) is 1.82. The first-order chi connectivity index (χ1) is 10.4. The van der Waals surface area contributed by atoms with Crippen molar-refractivity contribution in [1.82, 2.24) is 15.1 Å². The lowest BCUT2D eigenvalue weighted by atomic mass is 10.2. The zero-order chi connectivity index (χ0) is 16.5. The standard InChI is InChI=1S/C17H28N4O/c1-14(2)11-18-17(19-12-16(22)20(3)4)21(5)13-15-9-7-6-8-10-15/h6-10,14H,11-13H2,1-5H3,(H,18,19). The Bertz CT molecular complexity index is 483. The summed E-state index contributed by atoms with van der Waals surface area (Å²) in [5.41, 5.74) is 1.21. The number of guanidine groups is 1. The van der Waals surface area contributed by atoms with Gasteiger partial charge in [-0.2, -0.15) is 0 Å². The van der Waals surface area contributed by atoms with Gasteiger partial charge in [0.15, 0.2) is 5.96 Å². The highest BCUT2D eigenvalue weighted by Crippen LogP contribution is 2.03. The molecule has 0 aliphatic rings. The van der Waals surface area contributed by atoms with Crippen molar-refractivity contribution in [2.24, 2.45) is 10.9 Å². The van der Waals surface area contributed by atoms with Gasteiger partial charge in [0.05, 0.1) is 0 Å². The van der Waals surface area contributed by atoms with Crippen molar-refractivity contribution in [3.05, 3.63) is 35.9 Å². The van der Waals surface area contributed by atoms with Gasteiger partial charge < -0.3 is 15.1 Å². The fourth-order valence-electron chi connectivity index (χ4n) is 1.82. The Morgan fingerprint density at radius 2 is 1.82 bits per heavy atom.